The van der Waals surface area contributed by atoms with E-state index in [1.54, 1.807) is 4.68 Å². The van der Waals surface area contributed by atoms with Crippen LogP contribution in [0.3, 0.4) is 0 Å². The van der Waals surface area contributed by atoms with E-state index in [4.69, 9.17) is 9.84 Å². The zero-order valence-electron chi connectivity index (χ0n) is 17.6. The molecular formula is C24H29N4O2+. The number of quaternary nitrogens is 1. The number of carbonyl (C=O) groups excluding carboxylic acids is 1. The molecule has 0 unspecified atom stereocenters. The predicted octanol–water partition coefficient (Wildman–Crippen LogP) is 1.96. The first-order valence-corrected chi connectivity index (χ1v) is 10.5. The molecule has 6 heteroatoms. The van der Waals surface area contributed by atoms with Gasteiger partial charge in [-0.2, -0.15) is 5.10 Å². The molecule has 0 aliphatic carbocycles. The number of benzene rings is 2. The molecule has 0 atom stereocenters. The van der Waals surface area contributed by atoms with E-state index in [1.807, 2.05) is 66.7 Å². The van der Waals surface area contributed by atoms with Gasteiger partial charge in [0.2, 0.25) is 0 Å². The van der Waals surface area contributed by atoms with E-state index in [1.165, 1.54) is 4.90 Å². The molecule has 1 aliphatic rings. The number of nitrogens with zero attached hydrogens (tertiary/aromatic N) is 2. The van der Waals surface area contributed by atoms with Crippen LogP contribution >= 0.6 is 0 Å². The monoisotopic (exact) mass is 405 g/mol. The summed E-state index contributed by atoms with van der Waals surface area (Å²) in [5, 5.41) is 7.89. The van der Waals surface area contributed by atoms with E-state index in [0.717, 1.165) is 43.2 Å². The minimum atomic E-state index is -0.116. The molecule has 3 aromatic rings. The third-order valence-corrected chi connectivity index (χ3v) is 5.76. The van der Waals surface area contributed by atoms with Gasteiger partial charge in [0.1, 0.15) is 24.3 Å². The summed E-state index contributed by atoms with van der Waals surface area (Å²) in [6.07, 6.45) is 0. The summed E-state index contributed by atoms with van der Waals surface area (Å²) in [5.41, 5.74) is 3.09. The SMILES string of the molecule is CC(C)(CNC(=O)c1cc(-c2ccccc2)nn1-c1ccccc1)[NH+]1CCOCC1. The lowest BCUT2D eigenvalue weighted by atomic mass is 10.0. The fraction of sp³-hybridized carbons (Fsp3) is 0.333. The maximum Gasteiger partial charge on any atom is 0.270 e. The van der Waals surface area contributed by atoms with Gasteiger partial charge in [-0.05, 0) is 32.0 Å². The lowest BCUT2D eigenvalue weighted by Crippen LogP contribution is -3.22. The highest BCUT2D eigenvalue weighted by atomic mass is 16.5. The maximum absolute atomic E-state index is 13.2. The van der Waals surface area contributed by atoms with Gasteiger partial charge in [-0.25, -0.2) is 4.68 Å². The molecule has 156 valence electrons. The van der Waals surface area contributed by atoms with Gasteiger partial charge in [-0.1, -0.05) is 48.5 Å². The van der Waals surface area contributed by atoms with E-state index >= 15 is 0 Å². The predicted molar refractivity (Wildman–Crippen MR) is 117 cm³/mol. The quantitative estimate of drug-likeness (QED) is 0.659. The van der Waals surface area contributed by atoms with Gasteiger partial charge < -0.3 is 15.0 Å². The zero-order chi connectivity index (χ0) is 21.0. The van der Waals surface area contributed by atoms with Crippen molar-refractivity contribution in [3.8, 4) is 16.9 Å². The second kappa shape index (κ2) is 8.81. The summed E-state index contributed by atoms with van der Waals surface area (Å²) in [5.74, 6) is -0.116. The Labute approximate surface area is 177 Å². The van der Waals surface area contributed by atoms with Gasteiger partial charge in [0.25, 0.3) is 5.91 Å². The lowest BCUT2D eigenvalue weighted by molar-refractivity contribution is -0.954. The average Bonchev–Trinajstić information content (AvgIpc) is 3.25. The first kappa shape index (κ1) is 20.3. The van der Waals surface area contributed by atoms with Crippen molar-refractivity contribution in [3.63, 3.8) is 0 Å². The maximum atomic E-state index is 13.2. The number of rotatable bonds is 6. The average molecular weight is 406 g/mol. The lowest BCUT2D eigenvalue weighted by Gasteiger charge is -2.37. The second-order valence-corrected chi connectivity index (χ2v) is 8.31. The highest BCUT2D eigenvalue weighted by Crippen LogP contribution is 2.21. The smallest absolute Gasteiger partial charge is 0.270 e. The second-order valence-electron chi connectivity index (χ2n) is 8.31. The van der Waals surface area contributed by atoms with Crippen LogP contribution in [0, 0.1) is 0 Å². The van der Waals surface area contributed by atoms with Gasteiger partial charge in [-0.3, -0.25) is 4.79 Å². The Morgan fingerprint density at radius 1 is 1.07 bits per heavy atom. The Morgan fingerprint density at radius 2 is 1.70 bits per heavy atom. The summed E-state index contributed by atoms with van der Waals surface area (Å²) in [7, 11) is 0. The van der Waals surface area contributed by atoms with Crippen molar-refractivity contribution in [2.24, 2.45) is 0 Å². The van der Waals surface area contributed by atoms with Crippen LogP contribution in [0.2, 0.25) is 0 Å². The van der Waals surface area contributed by atoms with Crippen molar-refractivity contribution in [1.82, 2.24) is 15.1 Å². The van der Waals surface area contributed by atoms with Crippen molar-refractivity contribution in [2.45, 2.75) is 19.4 Å². The normalized spacial score (nSPS) is 15.1. The summed E-state index contributed by atoms with van der Waals surface area (Å²) >= 11 is 0. The topological polar surface area (TPSA) is 60.6 Å². The van der Waals surface area contributed by atoms with E-state index in [2.05, 4.69) is 19.2 Å². The number of hydrogen-bond donors (Lipinski definition) is 2. The minimum Gasteiger partial charge on any atom is -0.370 e. The molecule has 2 heterocycles. The molecule has 0 bridgehead atoms. The van der Waals surface area contributed by atoms with E-state index < -0.39 is 0 Å². The Morgan fingerprint density at radius 3 is 2.37 bits per heavy atom. The molecule has 2 N–H and O–H groups in total. The molecule has 30 heavy (non-hydrogen) atoms. The Bertz CT molecular complexity index is 977. The van der Waals surface area contributed by atoms with Gasteiger partial charge in [0, 0.05) is 5.56 Å². The molecule has 1 aliphatic heterocycles. The minimum absolute atomic E-state index is 0.0701. The molecule has 1 fully saturated rings. The third kappa shape index (κ3) is 4.45. The Kier molecular flexibility index (Phi) is 5.97. The molecule has 6 nitrogen and oxygen atoms in total. The molecule has 1 saturated heterocycles. The van der Waals surface area contributed by atoms with E-state index in [0.29, 0.717) is 12.2 Å². The van der Waals surface area contributed by atoms with Gasteiger partial charge in [0.05, 0.1) is 31.1 Å². The fourth-order valence-corrected chi connectivity index (χ4v) is 3.87. The van der Waals surface area contributed by atoms with Crippen LogP contribution in [-0.2, 0) is 4.74 Å². The van der Waals surface area contributed by atoms with Crippen LogP contribution in [0.25, 0.3) is 16.9 Å². The highest BCUT2D eigenvalue weighted by molar-refractivity contribution is 5.94. The van der Waals surface area contributed by atoms with Crippen molar-refractivity contribution in [3.05, 3.63) is 72.4 Å². The summed E-state index contributed by atoms with van der Waals surface area (Å²) in [4.78, 5) is 14.7. The molecule has 0 radical (unpaired) electrons. The standard InChI is InChI=1S/C24H28N4O2/c1-24(2,27-13-15-30-16-14-27)18-25-23(29)22-17-21(19-9-5-3-6-10-19)26-28(22)20-11-7-4-8-12-20/h3-12,17H,13-16,18H2,1-2H3,(H,25,29)/p+1. The number of amides is 1. The highest BCUT2D eigenvalue weighted by Gasteiger charge is 2.33. The number of aromatic nitrogens is 2. The fourth-order valence-electron chi connectivity index (χ4n) is 3.87. The first-order valence-electron chi connectivity index (χ1n) is 10.5. The molecule has 0 spiro atoms. The van der Waals surface area contributed by atoms with Crippen LogP contribution < -0.4 is 10.2 Å². The van der Waals surface area contributed by atoms with Gasteiger partial charge in [0.15, 0.2) is 0 Å². The molecule has 4 rings (SSSR count). The number of morpholine rings is 1. The zero-order valence-corrected chi connectivity index (χ0v) is 17.6. The number of ether oxygens (including phenoxy) is 1. The van der Waals surface area contributed by atoms with E-state index in [-0.39, 0.29) is 11.4 Å². The van der Waals surface area contributed by atoms with Crippen LogP contribution in [0.1, 0.15) is 24.3 Å². The van der Waals surface area contributed by atoms with Crippen molar-refractivity contribution in [1.29, 1.82) is 0 Å². The summed E-state index contributed by atoms with van der Waals surface area (Å²) < 4.78 is 7.21. The molecule has 1 amide bonds. The van der Waals surface area contributed by atoms with Crippen molar-refractivity contribution < 1.29 is 14.4 Å². The van der Waals surface area contributed by atoms with Crippen molar-refractivity contribution in [2.75, 3.05) is 32.8 Å². The van der Waals surface area contributed by atoms with Crippen molar-refractivity contribution >= 4 is 5.91 Å². The number of hydrogen-bond acceptors (Lipinski definition) is 3. The van der Waals surface area contributed by atoms with E-state index in [9.17, 15) is 4.79 Å². The van der Waals surface area contributed by atoms with Crippen LogP contribution in [0.15, 0.2) is 66.7 Å². The number of para-hydroxylation sites is 1. The molecule has 0 saturated carbocycles. The number of carbonyl (C=O) groups is 1. The molecule has 1 aromatic heterocycles. The Hall–Kier alpha value is -2.96. The van der Waals surface area contributed by atoms with Crippen LogP contribution in [0.4, 0.5) is 0 Å². The van der Waals surface area contributed by atoms with Crippen LogP contribution in [0.5, 0.6) is 0 Å². The summed E-state index contributed by atoms with van der Waals surface area (Å²) in [6, 6.07) is 21.6. The molecular weight excluding hydrogens is 376 g/mol. The first-order chi connectivity index (χ1) is 14.5. The Balaban J connectivity index is 1.58. The third-order valence-electron chi connectivity index (χ3n) is 5.76. The number of nitrogens with one attached hydrogen (secondary N) is 2. The van der Waals surface area contributed by atoms with Gasteiger partial charge in [-0.15, -0.1) is 0 Å². The molecule has 2 aromatic carbocycles. The summed E-state index contributed by atoms with van der Waals surface area (Å²) in [6.45, 7) is 8.44. The largest absolute Gasteiger partial charge is 0.370 e. The van der Waals surface area contributed by atoms with Crippen LogP contribution in [-0.4, -0.2) is 54.1 Å². The van der Waals surface area contributed by atoms with Gasteiger partial charge >= 0.3 is 0 Å².